The first-order valence-corrected chi connectivity index (χ1v) is 7.31. The van der Waals surface area contributed by atoms with E-state index in [0.29, 0.717) is 6.29 Å². The van der Waals surface area contributed by atoms with E-state index in [-0.39, 0.29) is 34.9 Å². The summed E-state index contributed by atoms with van der Waals surface area (Å²) in [5.74, 6) is -1.02. The Morgan fingerprint density at radius 1 is 1.38 bits per heavy atom. The monoisotopic (exact) mass is 363 g/mol. The van der Waals surface area contributed by atoms with Crippen LogP contribution in [-0.4, -0.2) is 23.8 Å². The van der Waals surface area contributed by atoms with Gasteiger partial charge in [-0.2, -0.15) is 18.4 Å². The maximum absolute atomic E-state index is 12.8. The summed E-state index contributed by atoms with van der Waals surface area (Å²) >= 11 is 0. The van der Waals surface area contributed by atoms with Crippen LogP contribution in [0.25, 0.3) is 0 Å². The highest BCUT2D eigenvalue weighted by atomic mass is 19.4. The van der Waals surface area contributed by atoms with Crippen molar-refractivity contribution < 1.29 is 27.5 Å². The number of esters is 1. The third kappa shape index (κ3) is 4.16. The van der Waals surface area contributed by atoms with E-state index in [0.717, 1.165) is 18.2 Å². The first-order chi connectivity index (χ1) is 12.3. The Morgan fingerprint density at radius 3 is 2.69 bits per heavy atom. The average Bonchev–Trinajstić information content (AvgIpc) is 2.61. The van der Waals surface area contributed by atoms with Crippen LogP contribution < -0.4 is 5.32 Å². The predicted octanol–water partition coefficient (Wildman–Crippen LogP) is 3.70. The fourth-order valence-corrected chi connectivity index (χ4v) is 2.08. The number of aldehydes is 1. The predicted molar refractivity (Wildman–Crippen MR) is 85.0 cm³/mol. The topological polar surface area (TPSA) is 92.1 Å². The van der Waals surface area contributed by atoms with Gasteiger partial charge in [-0.3, -0.25) is 4.79 Å². The van der Waals surface area contributed by atoms with E-state index in [2.05, 4.69) is 10.3 Å². The molecule has 0 bridgehead atoms. The van der Waals surface area contributed by atoms with Crippen LogP contribution in [-0.2, 0) is 10.9 Å². The van der Waals surface area contributed by atoms with Gasteiger partial charge in [0.05, 0.1) is 17.7 Å². The fraction of sp³-hybridized carbons (Fsp3) is 0.176. The minimum absolute atomic E-state index is 0.000528. The molecule has 2 rings (SSSR count). The van der Waals surface area contributed by atoms with Gasteiger partial charge in [0.25, 0.3) is 0 Å². The summed E-state index contributed by atoms with van der Waals surface area (Å²) in [6, 6.07) is 7.06. The van der Waals surface area contributed by atoms with Crippen molar-refractivity contribution in [2.75, 3.05) is 11.9 Å². The second kappa shape index (κ2) is 7.65. The number of carbonyl (C=O) groups excluding carboxylic acids is 2. The summed E-state index contributed by atoms with van der Waals surface area (Å²) in [4.78, 5) is 27.0. The minimum Gasteiger partial charge on any atom is -0.462 e. The van der Waals surface area contributed by atoms with Gasteiger partial charge in [-0.15, -0.1) is 0 Å². The molecular formula is C17H12F3N3O3. The van der Waals surface area contributed by atoms with Gasteiger partial charge in [0.15, 0.2) is 6.29 Å². The van der Waals surface area contributed by atoms with E-state index in [9.17, 15) is 22.8 Å². The third-order valence-electron chi connectivity index (χ3n) is 3.23. The van der Waals surface area contributed by atoms with Crippen LogP contribution in [0.2, 0.25) is 0 Å². The van der Waals surface area contributed by atoms with Gasteiger partial charge < -0.3 is 10.1 Å². The summed E-state index contributed by atoms with van der Waals surface area (Å²) in [5, 5.41) is 11.6. The van der Waals surface area contributed by atoms with Crippen molar-refractivity contribution in [2.45, 2.75) is 13.1 Å². The lowest BCUT2D eigenvalue weighted by atomic mass is 10.1. The molecular weight excluding hydrogens is 351 g/mol. The van der Waals surface area contributed by atoms with Crippen LogP contribution in [0.4, 0.5) is 24.7 Å². The summed E-state index contributed by atoms with van der Waals surface area (Å²) < 4.78 is 43.4. The molecule has 0 saturated heterocycles. The molecule has 0 aliphatic heterocycles. The number of hydrogen-bond donors (Lipinski definition) is 1. The second-order valence-electron chi connectivity index (χ2n) is 4.97. The minimum atomic E-state index is -4.55. The van der Waals surface area contributed by atoms with E-state index in [4.69, 9.17) is 10.00 Å². The van der Waals surface area contributed by atoms with Crippen molar-refractivity contribution in [3.63, 3.8) is 0 Å². The molecule has 134 valence electrons. The van der Waals surface area contributed by atoms with Crippen molar-refractivity contribution in [3.8, 4) is 6.07 Å². The van der Waals surface area contributed by atoms with Gasteiger partial charge in [0.1, 0.15) is 23.1 Å². The third-order valence-corrected chi connectivity index (χ3v) is 3.23. The molecule has 0 spiro atoms. The number of nitrogens with one attached hydrogen (secondary N) is 1. The number of halogens is 3. The molecule has 1 aromatic heterocycles. The molecule has 0 unspecified atom stereocenters. The van der Waals surface area contributed by atoms with E-state index in [1.807, 2.05) is 0 Å². The smallest absolute Gasteiger partial charge is 0.416 e. The molecule has 0 atom stereocenters. The second-order valence-corrected chi connectivity index (χ2v) is 4.97. The number of pyridine rings is 1. The van der Waals surface area contributed by atoms with Crippen LogP contribution in [0.15, 0.2) is 30.3 Å². The van der Waals surface area contributed by atoms with E-state index in [1.54, 1.807) is 13.0 Å². The molecule has 0 fully saturated rings. The Balaban J connectivity index is 2.52. The Kier molecular flexibility index (Phi) is 5.57. The number of rotatable bonds is 5. The lowest BCUT2D eigenvalue weighted by molar-refractivity contribution is -0.137. The van der Waals surface area contributed by atoms with Gasteiger partial charge >= 0.3 is 12.1 Å². The molecule has 0 aliphatic carbocycles. The summed E-state index contributed by atoms with van der Waals surface area (Å²) in [5.41, 5.74) is -1.48. The standard InChI is InChI=1S/C17H12F3N3O3/c1-2-26-16(25)13-6-10(8-21)14(9-24)23-15(13)22-12-5-3-4-11(7-12)17(18,19)20/h3-7,9H,2H2,1H3,(H,22,23). The van der Waals surface area contributed by atoms with Gasteiger partial charge in [-0.25, -0.2) is 9.78 Å². The molecule has 9 heteroatoms. The highest BCUT2D eigenvalue weighted by Gasteiger charge is 2.30. The number of carbonyl (C=O) groups is 2. The lowest BCUT2D eigenvalue weighted by Crippen LogP contribution is -2.12. The van der Waals surface area contributed by atoms with Gasteiger partial charge in [-0.1, -0.05) is 6.07 Å². The molecule has 0 aliphatic rings. The maximum Gasteiger partial charge on any atom is 0.416 e. The molecule has 2 aromatic rings. The van der Waals surface area contributed by atoms with Crippen LogP contribution in [0.3, 0.4) is 0 Å². The zero-order valence-electron chi connectivity index (χ0n) is 13.4. The first kappa shape index (κ1) is 18.9. The average molecular weight is 363 g/mol. The van der Waals surface area contributed by atoms with Crippen molar-refractivity contribution in [2.24, 2.45) is 0 Å². The van der Waals surface area contributed by atoms with E-state index < -0.39 is 17.7 Å². The molecule has 0 amide bonds. The van der Waals surface area contributed by atoms with Crippen molar-refractivity contribution >= 4 is 23.8 Å². The summed E-state index contributed by atoms with van der Waals surface area (Å²) in [6.45, 7) is 1.61. The summed E-state index contributed by atoms with van der Waals surface area (Å²) in [7, 11) is 0. The van der Waals surface area contributed by atoms with Crippen molar-refractivity contribution in [1.82, 2.24) is 4.98 Å². The van der Waals surface area contributed by atoms with E-state index in [1.165, 1.54) is 12.1 Å². The molecule has 1 heterocycles. The van der Waals surface area contributed by atoms with Gasteiger partial charge in [0, 0.05) is 5.69 Å². The number of nitrogens with zero attached hydrogens (tertiary/aromatic N) is 2. The van der Waals surface area contributed by atoms with Gasteiger partial charge in [0.2, 0.25) is 0 Å². The highest BCUT2D eigenvalue weighted by Crippen LogP contribution is 2.31. The van der Waals surface area contributed by atoms with Crippen LogP contribution in [0, 0.1) is 11.3 Å². The van der Waals surface area contributed by atoms with Crippen molar-refractivity contribution in [1.29, 1.82) is 5.26 Å². The number of anilines is 2. The summed E-state index contributed by atoms with van der Waals surface area (Å²) in [6.07, 6.45) is -4.24. The van der Waals surface area contributed by atoms with E-state index >= 15 is 0 Å². The number of ether oxygens (including phenoxy) is 1. The Hall–Kier alpha value is -3.41. The number of nitriles is 1. The Bertz CT molecular complexity index is 889. The zero-order chi connectivity index (χ0) is 19.3. The molecule has 1 N–H and O–H groups in total. The molecule has 0 radical (unpaired) electrons. The molecule has 1 aromatic carbocycles. The number of aromatic nitrogens is 1. The lowest BCUT2D eigenvalue weighted by Gasteiger charge is -2.13. The fourth-order valence-electron chi connectivity index (χ4n) is 2.08. The zero-order valence-corrected chi connectivity index (χ0v) is 13.4. The SMILES string of the molecule is CCOC(=O)c1cc(C#N)c(C=O)nc1Nc1cccc(C(F)(F)F)c1. The van der Waals surface area contributed by atoms with Crippen LogP contribution in [0.1, 0.15) is 38.9 Å². The van der Waals surface area contributed by atoms with Crippen LogP contribution in [0.5, 0.6) is 0 Å². The normalized spacial score (nSPS) is 10.7. The quantitative estimate of drug-likeness (QED) is 0.643. The number of hydrogen-bond acceptors (Lipinski definition) is 6. The highest BCUT2D eigenvalue weighted by molar-refractivity contribution is 5.97. The Morgan fingerprint density at radius 2 is 2.12 bits per heavy atom. The number of alkyl halides is 3. The van der Waals surface area contributed by atoms with Crippen LogP contribution >= 0.6 is 0 Å². The number of benzene rings is 1. The molecule has 6 nitrogen and oxygen atoms in total. The van der Waals surface area contributed by atoms with Crippen molar-refractivity contribution in [3.05, 3.63) is 52.7 Å². The Labute approximate surface area is 146 Å². The maximum atomic E-state index is 12.8. The largest absolute Gasteiger partial charge is 0.462 e. The first-order valence-electron chi connectivity index (χ1n) is 7.31. The molecule has 26 heavy (non-hydrogen) atoms. The molecule has 0 saturated carbocycles. The van der Waals surface area contributed by atoms with Gasteiger partial charge in [-0.05, 0) is 31.2 Å².